The largest absolute Gasteiger partial charge is 0.327 e. The molecule has 1 fully saturated rings. The zero-order chi connectivity index (χ0) is 13.2. The maximum absolute atomic E-state index is 12.5. The van der Waals surface area contributed by atoms with Gasteiger partial charge in [0.2, 0.25) is 0 Å². The average Bonchev–Trinajstić information content (AvgIpc) is 2.99. The first-order valence-corrected chi connectivity index (χ1v) is 7.32. The summed E-state index contributed by atoms with van der Waals surface area (Å²) in [5, 5.41) is 7.20. The zero-order valence-corrected chi connectivity index (χ0v) is 11.4. The Bertz CT molecular complexity index is 487. The molecule has 1 amide bonds. The van der Waals surface area contributed by atoms with Crippen molar-refractivity contribution in [3.8, 4) is 0 Å². The molecule has 2 heterocycles. The van der Waals surface area contributed by atoms with Crippen molar-refractivity contribution in [2.24, 2.45) is 0 Å². The summed E-state index contributed by atoms with van der Waals surface area (Å²) in [6, 6.07) is 2.20. The number of rotatable bonds is 5. The fourth-order valence-electron chi connectivity index (χ4n) is 2.67. The van der Waals surface area contributed by atoms with Gasteiger partial charge in [0, 0.05) is 18.2 Å². The maximum atomic E-state index is 12.5. The smallest absolute Gasteiger partial charge is 0.275 e. The Balaban J connectivity index is 1.67. The number of H-pyrrole nitrogens is 1. The van der Waals surface area contributed by atoms with Gasteiger partial charge in [-0.05, 0) is 25.3 Å². The molecule has 1 aromatic heterocycles. The van der Waals surface area contributed by atoms with E-state index in [1.165, 1.54) is 19.3 Å². The van der Waals surface area contributed by atoms with Gasteiger partial charge in [-0.15, -0.1) is 0 Å². The maximum Gasteiger partial charge on any atom is 0.275 e. The summed E-state index contributed by atoms with van der Waals surface area (Å²) in [5.41, 5.74) is 1.70. The van der Waals surface area contributed by atoms with Gasteiger partial charge in [0.1, 0.15) is 5.69 Å². The lowest BCUT2D eigenvalue weighted by molar-refractivity contribution is 0.0737. The third kappa shape index (κ3) is 2.57. The summed E-state index contributed by atoms with van der Waals surface area (Å²) in [4.78, 5) is 14.4. The number of unbranched alkanes of at least 4 members (excludes halogenated alkanes) is 1. The molecule has 0 unspecified atom stereocenters. The van der Waals surface area contributed by atoms with Gasteiger partial charge in [-0.25, -0.2) is 0 Å². The molecule has 3 rings (SSSR count). The van der Waals surface area contributed by atoms with E-state index in [4.69, 9.17) is 0 Å². The van der Waals surface area contributed by atoms with Crippen molar-refractivity contribution in [1.82, 2.24) is 15.1 Å². The van der Waals surface area contributed by atoms with Crippen LogP contribution in [0.4, 0.5) is 0 Å². The topological polar surface area (TPSA) is 49.0 Å². The number of aromatic nitrogens is 2. The van der Waals surface area contributed by atoms with E-state index in [1.807, 2.05) is 11.0 Å². The van der Waals surface area contributed by atoms with Gasteiger partial charge in [-0.3, -0.25) is 9.89 Å². The minimum atomic E-state index is 0.0641. The summed E-state index contributed by atoms with van der Waals surface area (Å²) in [7, 11) is 0. The fraction of sp³-hybridized carbons (Fsp3) is 0.600. The predicted molar refractivity (Wildman–Crippen MR) is 74.1 cm³/mol. The minimum Gasteiger partial charge on any atom is -0.327 e. The highest BCUT2D eigenvalue weighted by molar-refractivity contribution is 5.93. The minimum absolute atomic E-state index is 0.0641. The summed E-state index contributed by atoms with van der Waals surface area (Å²) in [6.07, 6.45) is 10.1. The van der Waals surface area contributed by atoms with Crippen molar-refractivity contribution < 1.29 is 4.79 Å². The third-order valence-corrected chi connectivity index (χ3v) is 4.01. The van der Waals surface area contributed by atoms with Gasteiger partial charge in [-0.1, -0.05) is 31.9 Å². The van der Waals surface area contributed by atoms with Crippen LogP contribution >= 0.6 is 0 Å². The van der Waals surface area contributed by atoms with Crippen LogP contribution in [0.1, 0.15) is 61.1 Å². The van der Waals surface area contributed by atoms with Crippen molar-refractivity contribution >= 4 is 5.91 Å². The van der Waals surface area contributed by atoms with Gasteiger partial charge in [0.05, 0.1) is 6.04 Å². The summed E-state index contributed by atoms with van der Waals surface area (Å²) in [6.45, 7) is 2.90. The molecule has 1 aliphatic carbocycles. The standard InChI is InChI=1S/C15H21N3O/c1-2-3-5-12-6-4-9-18(12)15(19)14-10-13(16-17-14)11-7-8-11/h4,6,10-12H,2-3,5,7-9H2,1H3,(H,16,17)/t12-/m0/s1. The first kappa shape index (κ1) is 12.5. The van der Waals surface area contributed by atoms with Gasteiger partial charge in [0.15, 0.2) is 0 Å². The number of carbonyl (C=O) groups is 1. The van der Waals surface area contributed by atoms with E-state index in [-0.39, 0.29) is 11.9 Å². The summed E-state index contributed by atoms with van der Waals surface area (Å²) in [5.74, 6) is 0.677. The number of nitrogens with zero attached hydrogens (tertiary/aromatic N) is 2. The van der Waals surface area contributed by atoms with Crippen LogP contribution < -0.4 is 0 Å². The van der Waals surface area contributed by atoms with Crippen LogP contribution in [-0.2, 0) is 0 Å². The lowest BCUT2D eigenvalue weighted by Gasteiger charge is -2.23. The lowest BCUT2D eigenvalue weighted by Crippen LogP contribution is -2.36. The Hall–Kier alpha value is -1.58. The fourth-order valence-corrected chi connectivity index (χ4v) is 2.67. The van der Waals surface area contributed by atoms with Crippen LogP contribution in [-0.4, -0.2) is 33.6 Å². The van der Waals surface area contributed by atoms with E-state index in [1.54, 1.807) is 0 Å². The Morgan fingerprint density at radius 2 is 2.37 bits per heavy atom. The van der Waals surface area contributed by atoms with Crippen LogP contribution in [0, 0.1) is 0 Å². The molecule has 1 aromatic rings. The van der Waals surface area contributed by atoms with E-state index < -0.39 is 0 Å². The highest BCUT2D eigenvalue weighted by atomic mass is 16.2. The van der Waals surface area contributed by atoms with E-state index in [9.17, 15) is 4.79 Å². The van der Waals surface area contributed by atoms with Crippen LogP contribution in [0.25, 0.3) is 0 Å². The second-order valence-corrected chi connectivity index (χ2v) is 5.58. The molecule has 1 atom stereocenters. The number of aromatic amines is 1. The summed E-state index contributed by atoms with van der Waals surface area (Å²) >= 11 is 0. The van der Waals surface area contributed by atoms with Gasteiger partial charge in [0.25, 0.3) is 5.91 Å². The Labute approximate surface area is 113 Å². The molecule has 1 saturated carbocycles. The first-order chi connectivity index (χ1) is 9.29. The summed E-state index contributed by atoms with van der Waals surface area (Å²) < 4.78 is 0. The number of carbonyl (C=O) groups excluding carboxylic acids is 1. The van der Waals surface area contributed by atoms with Gasteiger partial charge in [-0.2, -0.15) is 5.10 Å². The molecule has 0 bridgehead atoms. The lowest BCUT2D eigenvalue weighted by atomic mass is 10.1. The van der Waals surface area contributed by atoms with Crippen molar-refractivity contribution in [3.63, 3.8) is 0 Å². The molecular weight excluding hydrogens is 238 g/mol. The molecule has 0 aromatic carbocycles. The van der Waals surface area contributed by atoms with E-state index in [0.29, 0.717) is 11.6 Å². The molecule has 0 saturated heterocycles. The molecule has 1 aliphatic heterocycles. The molecule has 4 nitrogen and oxygen atoms in total. The van der Waals surface area contributed by atoms with Crippen molar-refractivity contribution in [2.75, 3.05) is 6.54 Å². The SMILES string of the molecule is CCCC[C@H]1C=CCN1C(=O)c1cc(C2CC2)[nH]n1. The number of hydrogen-bond acceptors (Lipinski definition) is 2. The Morgan fingerprint density at radius 3 is 3.11 bits per heavy atom. The van der Waals surface area contributed by atoms with Crippen LogP contribution in [0.3, 0.4) is 0 Å². The van der Waals surface area contributed by atoms with Gasteiger partial charge < -0.3 is 4.90 Å². The van der Waals surface area contributed by atoms with Crippen molar-refractivity contribution in [2.45, 2.75) is 51.0 Å². The second-order valence-electron chi connectivity index (χ2n) is 5.58. The third-order valence-electron chi connectivity index (χ3n) is 4.01. The normalized spacial score (nSPS) is 22.2. The molecule has 19 heavy (non-hydrogen) atoms. The molecule has 0 spiro atoms. The quantitative estimate of drug-likeness (QED) is 0.827. The molecule has 2 aliphatic rings. The molecule has 1 N–H and O–H groups in total. The second kappa shape index (κ2) is 5.19. The van der Waals surface area contributed by atoms with E-state index in [0.717, 1.165) is 25.1 Å². The van der Waals surface area contributed by atoms with Crippen LogP contribution in [0.5, 0.6) is 0 Å². The van der Waals surface area contributed by atoms with Crippen molar-refractivity contribution in [3.05, 3.63) is 29.6 Å². The van der Waals surface area contributed by atoms with E-state index in [2.05, 4.69) is 29.3 Å². The zero-order valence-electron chi connectivity index (χ0n) is 11.4. The average molecular weight is 259 g/mol. The van der Waals surface area contributed by atoms with Crippen LogP contribution in [0.15, 0.2) is 18.2 Å². The Kier molecular flexibility index (Phi) is 3.40. The van der Waals surface area contributed by atoms with Crippen molar-refractivity contribution in [1.29, 1.82) is 0 Å². The Morgan fingerprint density at radius 1 is 1.53 bits per heavy atom. The van der Waals surface area contributed by atoms with E-state index >= 15 is 0 Å². The highest BCUT2D eigenvalue weighted by Crippen LogP contribution is 2.39. The number of nitrogens with one attached hydrogen (secondary N) is 1. The molecular formula is C15H21N3O. The van der Waals surface area contributed by atoms with Crippen LogP contribution in [0.2, 0.25) is 0 Å². The predicted octanol–water partition coefficient (Wildman–Crippen LogP) is 2.86. The molecule has 102 valence electrons. The first-order valence-electron chi connectivity index (χ1n) is 7.32. The highest BCUT2D eigenvalue weighted by Gasteiger charge is 2.30. The number of hydrogen-bond donors (Lipinski definition) is 1. The molecule has 0 radical (unpaired) electrons. The number of amides is 1. The van der Waals surface area contributed by atoms with Gasteiger partial charge >= 0.3 is 0 Å². The monoisotopic (exact) mass is 259 g/mol. The molecule has 4 heteroatoms.